The predicted molar refractivity (Wildman–Crippen MR) is 117 cm³/mol. The van der Waals surface area contributed by atoms with Gasteiger partial charge < -0.3 is 20.1 Å². The molecule has 0 saturated carbocycles. The summed E-state index contributed by atoms with van der Waals surface area (Å²) in [7, 11) is 1.59. The molecule has 3 rings (SSSR count). The molecule has 0 aliphatic heterocycles. The van der Waals surface area contributed by atoms with Crippen LogP contribution in [0, 0.1) is 0 Å². The van der Waals surface area contributed by atoms with E-state index in [1.165, 1.54) is 18.5 Å². The van der Waals surface area contributed by atoms with Crippen LogP contribution in [0.25, 0.3) is 6.08 Å². The van der Waals surface area contributed by atoms with Gasteiger partial charge in [0.2, 0.25) is 17.7 Å². The fourth-order valence-corrected chi connectivity index (χ4v) is 2.56. The lowest BCUT2D eigenvalue weighted by atomic mass is 10.2. The van der Waals surface area contributed by atoms with Gasteiger partial charge in [0.15, 0.2) is 0 Å². The summed E-state index contributed by atoms with van der Waals surface area (Å²) in [6, 6.07) is 13.4. The Morgan fingerprint density at radius 1 is 1.06 bits per heavy atom. The van der Waals surface area contributed by atoms with Gasteiger partial charge in [-0.3, -0.25) is 14.6 Å². The minimum atomic E-state index is -0.738. The van der Waals surface area contributed by atoms with Gasteiger partial charge in [-0.05, 0) is 42.8 Å². The molecule has 0 radical (unpaired) electrons. The van der Waals surface area contributed by atoms with Crippen molar-refractivity contribution in [1.29, 1.82) is 0 Å². The van der Waals surface area contributed by atoms with E-state index in [0.717, 1.165) is 11.3 Å². The van der Waals surface area contributed by atoms with Gasteiger partial charge in [0.05, 0.1) is 13.3 Å². The van der Waals surface area contributed by atoms with Crippen molar-refractivity contribution in [2.45, 2.75) is 13.0 Å². The van der Waals surface area contributed by atoms with Crippen molar-refractivity contribution in [1.82, 2.24) is 15.3 Å². The number of benzene rings is 2. The van der Waals surface area contributed by atoms with Gasteiger partial charge in [-0.15, -0.1) is 0 Å². The van der Waals surface area contributed by atoms with Crippen molar-refractivity contribution < 1.29 is 19.1 Å². The van der Waals surface area contributed by atoms with Crippen molar-refractivity contribution in [3.05, 3.63) is 78.8 Å². The molecule has 2 amide bonds. The van der Waals surface area contributed by atoms with Crippen molar-refractivity contribution in [2.24, 2.45) is 0 Å². The van der Waals surface area contributed by atoms with E-state index in [2.05, 4.69) is 20.6 Å². The van der Waals surface area contributed by atoms with Gasteiger partial charge in [0.1, 0.15) is 17.5 Å². The molecule has 0 bridgehead atoms. The number of carbonyl (C=O) groups excluding carboxylic acids is 2. The first kappa shape index (κ1) is 21.5. The Bertz CT molecular complexity index is 1050. The minimum absolute atomic E-state index is 0.343. The molecule has 8 nitrogen and oxygen atoms in total. The third-order valence-electron chi connectivity index (χ3n) is 4.16. The SMILES string of the molecule is COc1ccc(/C=C/C(=O)NC(C)C(=O)Nc2cccc(Oc3cnccn3)c2)cc1. The number of aromatic nitrogens is 2. The molecule has 8 heteroatoms. The Balaban J connectivity index is 1.53. The molecule has 1 unspecified atom stereocenters. The summed E-state index contributed by atoms with van der Waals surface area (Å²) in [4.78, 5) is 32.5. The van der Waals surface area contributed by atoms with Crippen LogP contribution in [-0.2, 0) is 9.59 Å². The molecule has 0 saturated heterocycles. The van der Waals surface area contributed by atoms with Gasteiger partial charge in [0, 0.05) is 30.2 Å². The van der Waals surface area contributed by atoms with Gasteiger partial charge >= 0.3 is 0 Å². The summed E-state index contributed by atoms with van der Waals surface area (Å²) in [6.45, 7) is 1.61. The summed E-state index contributed by atoms with van der Waals surface area (Å²) in [5.41, 5.74) is 1.37. The van der Waals surface area contributed by atoms with E-state index in [-0.39, 0.29) is 11.8 Å². The van der Waals surface area contributed by atoms with Gasteiger partial charge in [-0.25, -0.2) is 4.98 Å². The number of hydrogen-bond acceptors (Lipinski definition) is 6. The number of carbonyl (C=O) groups is 2. The molecule has 1 atom stereocenters. The monoisotopic (exact) mass is 418 g/mol. The van der Waals surface area contributed by atoms with E-state index in [1.807, 2.05) is 12.1 Å². The summed E-state index contributed by atoms with van der Waals surface area (Å²) in [6.07, 6.45) is 7.59. The Hall–Kier alpha value is -4.20. The van der Waals surface area contributed by atoms with Crippen molar-refractivity contribution in [2.75, 3.05) is 12.4 Å². The van der Waals surface area contributed by atoms with Gasteiger partial charge in [0.25, 0.3) is 0 Å². The van der Waals surface area contributed by atoms with Gasteiger partial charge in [-0.2, -0.15) is 0 Å². The van der Waals surface area contributed by atoms with Crippen LogP contribution in [0.3, 0.4) is 0 Å². The molecule has 158 valence electrons. The fourth-order valence-electron chi connectivity index (χ4n) is 2.56. The molecule has 31 heavy (non-hydrogen) atoms. The zero-order valence-corrected chi connectivity index (χ0v) is 17.1. The second-order valence-electron chi connectivity index (χ2n) is 6.50. The maximum Gasteiger partial charge on any atom is 0.246 e. The highest BCUT2D eigenvalue weighted by molar-refractivity contribution is 5.99. The first-order valence-corrected chi connectivity index (χ1v) is 9.51. The number of nitrogens with zero attached hydrogens (tertiary/aromatic N) is 2. The van der Waals surface area contributed by atoms with E-state index in [1.54, 1.807) is 62.7 Å². The summed E-state index contributed by atoms with van der Waals surface area (Å²) in [5.74, 6) is 0.840. The number of amides is 2. The quantitative estimate of drug-likeness (QED) is 0.544. The molecular formula is C23H22N4O4. The molecule has 0 spiro atoms. The van der Waals surface area contributed by atoms with E-state index < -0.39 is 6.04 Å². The first-order chi connectivity index (χ1) is 15.0. The Morgan fingerprint density at radius 3 is 2.58 bits per heavy atom. The highest BCUT2D eigenvalue weighted by Gasteiger charge is 2.15. The molecule has 0 aliphatic rings. The standard InChI is InChI=1S/C23H22N4O4/c1-16(26-21(28)11-8-17-6-9-19(30-2)10-7-17)23(29)27-18-4-3-5-20(14-18)31-22-15-24-12-13-25-22/h3-16H,1-2H3,(H,26,28)(H,27,29)/b11-8+. The van der Waals surface area contributed by atoms with Crippen LogP contribution in [0.2, 0.25) is 0 Å². The predicted octanol–water partition coefficient (Wildman–Crippen LogP) is 3.43. The van der Waals surface area contributed by atoms with Crippen LogP contribution in [0.15, 0.2) is 73.2 Å². The van der Waals surface area contributed by atoms with Crippen molar-refractivity contribution in [3.8, 4) is 17.4 Å². The Kier molecular flexibility index (Phi) is 7.31. The molecule has 1 aromatic heterocycles. The second kappa shape index (κ2) is 10.5. The average Bonchev–Trinajstić information content (AvgIpc) is 2.79. The average molecular weight is 418 g/mol. The molecule has 3 aromatic rings. The molecule has 0 aliphatic carbocycles. The van der Waals surface area contributed by atoms with Crippen molar-refractivity contribution >= 4 is 23.6 Å². The lowest BCUT2D eigenvalue weighted by molar-refractivity contribution is -0.123. The zero-order chi connectivity index (χ0) is 22.1. The molecule has 0 fully saturated rings. The Morgan fingerprint density at radius 2 is 1.87 bits per heavy atom. The van der Waals surface area contributed by atoms with Crippen LogP contribution < -0.4 is 20.1 Å². The highest BCUT2D eigenvalue weighted by atomic mass is 16.5. The maximum atomic E-state index is 12.4. The van der Waals surface area contributed by atoms with Crippen LogP contribution >= 0.6 is 0 Å². The number of nitrogens with one attached hydrogen (secondary N) is 2. The normalized spacial score (nSPS) is 11.5. The van der Waals surface area contributed by atoms with E-state index in [9.17, 15) is 9.59 Å². The zero-order valence-electron chi connectivity index (χ0n) is 17.1. The van der Waals surface area contributed by atoms with Crippen molar-refractivity contribution in [3.63, 3.8) is 0 Å². The Labute approximate surface area is 179 Å². The van der Waals surface area contributed by atoms with E-state index in [0.29, 0.717) is 17.3 Å². The number of hydrogen-bond donors (Lipinski definition) is 2. The van der Waals surface area contributed by atoms with Crippen LogP contribution in [0.4, 0.5) is 5.69 Å². The maximum absolute atomic E-state index is 12.4. The molecule has 2 N–H and O–H groups in total. The lowest BCUT2D eigenvalue weighted by Crippen LogP contribution is -2.40. The van der Waals surface area contributed by atoms with E-state index >= 15 is 0 Å². The highest BCUT2D eigenvalue weighted by Crippen LogP contribution is 2.22. The number of rotatable bonds is 8. The minimum Gasteiger partial charge on any atom is -0.497 e. The second-order valence-corrected chi connectivity index (χ2v) is 6.50. The topological polar surface area (TPSA) is 102 Å². The molecule has 2 aromatic carbocycles. The van der Waals surface area contributed by atoms with Crippen LogP contribution in [0.1, 0.15) is 12.5 Å². The summed E-state index contributed by atoms with van der Waals surface area (Å²) >= 11 is 0. The summed E-state index contributed by atoms with van der Waals surface area (Å²) < 4.78 is 10.7. The molecular weight excluding hydrogens is 396 g/mol. The number of anilines is 1. The van der Waals surface area contributed by atoms with E-state index in [4.69, 9.17) is 9.47 Å². The third kappa shape index (κ3) is 6.67. The fraction of sp³-hybridized carbons (Fsp3) is 0.130. The molecule has 1 heterocycles. The lowest BCUT2D eigenvalue weighted by Gasteiger charge is -2.13. The first-order valence-electron chi connectivity index (χ1n) is 9.51. The third-order valence-corrected chi connectivity index (χ3v) is 4.16. The van der Waals surface area contributed by atoms with Gasteiger partial charge in [-0.1, -0.05) is 18.2 Å². The summed E-state index contributed by atoms with van der Waals surface area (Å²) in [5, 5.41) is 5.39. The largest absolute Gasteiger partial charge is 0.497 e. The van der Waals surface area contributed by atoms with Crippen LogP contribution in [-0.4, -0.2) is 34.9 Å². The van der Waals surface area contributed by atoms with Crippen LogP contribution in [0.5, 0.6) is 17.4 Å². The number of ether oxygens (including phenoxy) is 2. The smallest absolute Gasteiger partial charge is 0.246 e. The number of methoxy groups -OCH3 is 1.